The van der Waals surface area contributed by atoms with Gasteiger partial charge in [0.25, 0.3) is 11.8 Å². The topological polar surface area (TPSA) is 61.9 Å². The lowest BCUT2D eigenvalue weighted by atomic mass is 10.2. The molecule has 0 aliphatic carbocycles. The van der Waals surface area contributed by atoms with E-state index in [0.29, 0.717) is 30.1 Å². The van der Waals surface area contributed by atoms with Crippen molar-refractivity contribution in [2.75, 3.05) is 38.1 Å². The van der Waals surface area contributed by atoms with Gasteiger partial charge < -0.3 is 15.0 Å². The monoisotopic (exact) mass is 429 g/mol. The number of ether oxygens (including phenoxy) is 1. The third kappa shape index (κ3) is 5.74. The summed E-state index contributed by atoms with van der Waals surface area (Å²) in [6.45, 7) is 3.81. The molecular weight excluding hydrogens is 402 g/mol. The van der Waals surface area contributed by atoms with E-state index in [1.54, 1.807) is 24.3 Å². The summed E-state index contributed by atoms with van der Waals surface area (Å²) in [5.41, 5.74) is 2.38. The summed E-state index contributed by atoms with van der Waals surface area (Å²) in [5, 5.41) is 2.85. The van der Waals surface area contributed by atoms with Gasteiger partial charge in [-0.15, -0.1) is 0 Å². The van der Waals surface area contributed by atoms with Crippen LogP contribution in [0, 0.1) is 0 Å². The number of hydrogen-bond acceptors (Lipinski definition) is 4. The maximum Gasteiger partial charge on any atom is 0.260 e. The standard InChI is InChI=1S/C26H27N3O3/c30-25(29-17-15-28(16-18-29)19-21-9-3-1-4-10-21)20-32-24-14-8-7-13-23(24)26(31)27-22-11-5-2-6-12-22/h1-14H,15-20H2,(H,27,31). The SMILES string of the molecule is O=C(Nc1ccccc1)c1ccccc1OCC(=O)N1CCN(Cc2ccccc2)CC1. The first kappa shape index (κ1) is 21.6. The van der Waals surface area contributed by atoms with Gasteiger partial charge in [-0.05, 0) is 29.8 Å². The van der Waals surface area contributed by atoms with Crippen molar-refractivity contribution < 1.29 is 14.3 Å². The Bertz CT molecular complexity index is 1030. The quantitative estimate of drug-likeness (QED) is 0.623. The molecule has 0 unspecified atom stereocenters. The molecule has 3 aromatic carbocycles. The molecule has 164 valence electrons. The maximum atomic E-state index is 12.7. The van der Waals surface area contributed by atoms with Gasteiger partial charge in [0.15, 0.2) is 6.61 Å². The van der Waals surface area contributed by atoms with Crippen LogP contribution in [0.4, 0.5) is 5.69 Å². The number of hydrogen-bond donors (Lipinski definition) is 1. The van der Waals surface area contributed by atoms with E-state index in [4.69, 9.17) is 4.74 Å². The van der Waals surface area contributed by atoms with Crippen LogP contribution in [-0.2, 0) is 11.3 Å². The van der Waals surface area contributed by atoms with Crippen molar-refractivity contribution in [3.8, 4) is 5.75 Å². The van der Waals surface area contributed by atoms with Crippen molar-refractivity contribution in [2.24, 2.45) is 0 Å². The molecule has 6 heteroatoms. The van der Waals surface area contributed by atoms with Crippen LogP contribution in [0.1, 0.15) is 15.9 Å². The van der Waals surface area contributed by atoms with Gasteiger partial charge in [0.1, 0.15) is 5.75 Å². The summed E-state index contributed by atoms with van der Waals surface area (Å²) in [6.07, 6.45) is 0. The van der Waals surface area contributed by atoms with Crippen LogP contribution in [0.3, 0.4) is 0 Å². The van der Waals surface area contributed by atoms with Crippen molar-refractivity contribution in [1.82, 2.24) is 9.80 Å². The predicted molar refractivity (Wildman–Crippen MR) is 125 cm³/mol. The smallest absolute Gasteiger partial charge is 0.260 e. The predicted octanol–water partition coefficient (Wildman–Crippen LogP) is 3.66. The normalized spacial score (nSPS) is 14.1. The van der Waals surface area contributed by atoms with Crippen LogP contribution < -0.4 is 10.1 Å². The average Bonchev–Trinajstić information content (AvgIpc) is 2.84. The van der Waals surface area contributed by atoms with Crippen LogP contribution in [0.5, 0.6) is 5.75 Å². The Kier molecular flexibility index (Phi) is 7.15. The molecule has 1 fully saturated rings. The third-order valence-electron chi connectivity index (χ3n) is 5.49. The number of nitrogens with one attached hydrogen (secondary N) is 1. The molecule has 1 aliphatic heterocycles. The Balaban J connectivity index is 1.29. The Hall–Kier alpha value is -3.64. The van der Waals surface area contributed by atoms with Gasteiger partial charge in [-0.1, -0.05) is 60.7 Å². The second-order valence-corrected chi connectivity index (χ2v) is 7.75. The van der Waals surface area contributed by atoms with E-state index >= 15 is 0 Å². The highest BCUT2D eigenvalue weighted by molar-refractivity contribution is 6.06. The fraction of sp³-hybridized carbons (Fsp3) is 0.231. The van der Waals surface area contributed by atoms with E-state index in [1.165, 1.54) is 5.56 Å². The number of rotatable bonds is 7. The molecule has 1 saturated heterocycles. The summed E-state index contributed by atoms with van der Waals surface area (Å²) in [4.78, 5) is 29.5. The Morgan fingerprint density at radius 2 is 1.41 bits per heavy atom. The lowest BCUT2D eigenvalue weighted by Crippen LogP contribution is -2.49. The zero-order valence-electron chi connectivity index (χ0n) is 17.9. The van der Waals surface area contributed by atoms with E-state index in [9.17, 15) is 9.59 Å². The van der Waals surface area contributed by atoms with Gasteiger partial charge in [0, 0.05) is 38.4 Å². The molecule has 32 heavy (non-hydrogen) atoms. The highest BCUT2D eigenvalue weighted by Gasteiger charge is 2.22. The first-order chi connectivity index (χ1) is 15.7. The number of anilines is 1. The van der Waals surface area contributed by atoms with Gasteiger partial charge >= 0.3 is 0 Å². The molecule has 0 bridgehead atoms. The fourth-order valence-electron chi connectivity index (χ4n) is 3.73. The van der Waals surface area contributed by atoms with E-state index < -0.39 is 0 Å². The van der Waals surface area contributed by atoms with Gasteiger partial charge in [-0.3, -0.25) is 14.5 Å². The number of carbonyl (C=O) groups excluding carboxylic acids is 2. The van der Waals surface area contributed by atoms with E-state index in [-0.39, 0.29) is 18.4 Å². The lowest BCUT2D eigenvalue weighted by molar-refractivity contribution is -0.135. The van der Waals surface area contributed by atoms with Crippen molar-refractivity contribution in [3.63, 3.8) is 0 Å². The molecule has 1 heterocycles. The summed E-state index contributed by atoms with van der Waals surface area (Å²) in [5.74, 6) is 0.0633. The van der Waals surface area contributed by atoms with Gasteiger partial charge in [-0.2, -0.15) is 0 Å². The minimum absolute atomic E-state index is 0.0670. The maximum absolute atomic E-state index is 12.7. The number of nitrogens with zero attached hydrogens (tertiary/aromatic N) is 2. The van der Waals surface area contributed by atoms with Crippen LogP contribution in [0.25, 0.3) is 0 Å². The highest BCUT2D eigenvalue weighted by Crippen LogP contribution is 2.20. The zero-order valence-corrected chi connectivity index (χ0v) is 17.9. The third-order valence-corrected chi connectivity index (χ3v) is 5.49. The van der Waals surface area contributed by atoms with Crippen LogP contribution in [0.2, 0.25) is 0 Å². The minimum Gasteiger partial charge on any atom is -0.483 e. The molecule has 2 amide bonds. The zero-order chi connectivity index (χ0) is 22.2. The lowest BCUT2D eigenvalue weighted by Gasteiger charge is -2.34. The van der Waals surface area contributed by atoms with Crippen molar-refractivity contribution in [3.05, 3.63) is 96.1 Å². The minimum atomic E-state index is -0.270. The number of amides is 2. The van der Waals surface area contributed by atoms with Gasteiger partial charge in [-0.25, -0.2) is 0 Å². The molecule has 1 N–H and O–H groups in total. The summed E-state index contributed by atoms with van der Waals surface area (Å²) in [7, 11) is 0. The number of para-hydroxylation sites is 2. The molecule has 0 radical (unpaired) electrons. The van der Waals surface area contributed by atoms with Gasteiger partial charge in [0.2, 0.25) is 0 Å². The molecule has 3 aromatic rings. The number of carbonyl (C=O) groups is 2. The molecular formula is C26H27N3O3. The van der Waals surface area contributed by atoms with Crippen LogP contribution in [-0.4, -0.2) is 54.4 Å². The first-order valence-electron chi connectivity index (χ1n) is 10.8. The second kappa shape index (κ2) is 10.6. The molecule has 0 saturated carbocycles. The summed E-state index contributed by atoms with van der Waals surface area (Å²) in [6, 6.07) is 26.6. The highest BCUT2D eigenvalue weighted by atomic mass is 16.5. The Morgan fingerprint density at radius 3 is 2.12 bits per heavy atom. The van der Waals surface area contributed by atoms with Crippen LogP contribution >= 0.6 is 0 Å². The van der Waals surface area contributed by atoms with Crippen LogP contribution in [0.15, 0.2) is 84.9 Å². The molecule has 0 aromatic heterocycles. The Morgan fingerprint density at radius 1 is 0.781 bits per heavy atom. The Labute approximate surface area is 188 Å². The molecule has 0 atom stereocenters. The van der Waals surface area contributed by atoms with Crippen molar-refractivity contribution >= 4 is 17.5 Å². The van der Waals surface area contributed by atoms with E-state index in [0.717, 1.165) is 19.6 Å². The largest absolute Gasteiger partial charge is 0.483 e. The molecule has 1 aliphatic rings. The van der Waals surface area contributed by atoms with Crippen molar-refractivity contribution in [1.29, 1.82) is 0 Å². The average molecular weight is 430 g/mol. The van der Waals surface area contributed by atoms with Gasteiger partial charge in [0.05, 0.1) is 5.56 Å². The number of benzene rings is 3. The number of piperazine rings is 1. The van der Waals surface area contributed by atoms with E-state index in [1.807, 2.05) is 53.4 Å². The molecule has 6 nitrogen and oxygen atoms in total. The second-order valence-electron chi connectivity index (χ2n) is 7.75. The van der Waals surface area contributed by atoms with E-state index in [2.05, 4.69) is 22.3 Å². The fourth-order valence-corrected chi connectivity index (χ4v) is 3.73. The van der Waals surface area contributed by atoms with Crippen molar-refractivity contribution in [2.45, 2.75) is 6.54 Å². The summed E-state index contributed by atoms with van der Waals surface area (Å²) < 4.78 is 5.77. The molecule has 0 spiro atoms. The molecule has 4 rings (SSSR count). The first-order valence-corrected chi connectivity index (χ1v) is 10.8. The summed E-state index contributed by atoms with van der Waals surface area (Å²) >= 11 is 0.